The summed E-state index contributed by atoms with van der Waals surface area (Å²) in [7, 11) is -9.91. The van der Waals surface area contributed by atoms with Gasteiger partial charge in [-0.05, 0) is 37.5 Å². The maximum absolute atomic E-state index is 13.1. The van der Waals surface area contributed by atoms with E-state index < -0.39 is 97.5 Å². The second kappa shape index (κ2) is 68.8. The first-order chi connectivity index (χ1) is 46.4. The van der Waals surface area contributed by atoms with Crippen LogP contribution in [0, 0.1) is 11.8 Å². The number of esters is 4. The molecular formula is C77H150O17P2. The molecule has 3 N–H and O–H groups in total. The number of carbonyl (C=O) groups is 4. The first kappa shape index (κ1) is 94.1. The van der Waals surface area contributed by atoms with Crippen molar-refractivity contribution in [2.75, 3.05) is 39.6 Å². The Kier molecular flexibility index (Phi) is 67.4. The minimum atomic E-state index is -4.96. The number of phosphoric ester groups is 2. The van der Waals surface area contributed by atoms with Crippen molar-refractivity contribution in [2.45, 2.75) is 419 Å². The van der Waals surface area contributed by atoms with Gasteiger partial charge in [-0.1, -0.05) is 350 Å². The van der Waals surface area contributed by atoms with Crippen LogP contribution in [0.2, 0.25) is 0 Å². The van der Waals surface area contributed by atoms with Crippen LogP contribution in [0.1, 0.15) is 401 Å². The molecule has 0 fully saturated rings. The van der Waals surface area contributed by atoms with Gasteiger partial charge >= 0.3 is 39.5 Å². The molecule has 0 aromatic heterocycles. The molecule has 0 aliphatic rings. The van der Waals surface area contributed by atoms with Crippen molar-refractivity contribution < 1.29 is 80.2 Å². The quantitative estimate of drug-likeness (QED) is 0.0222. The van der Waals surface area contributed by atoms with Crippen molar-refractivity contribution in [1.29, 1.82) is 0 Å². The third-order valence-corrected chi connectivity index (χ3v) is 19.9. The molecule has 0 spiro atoms. The highest BCUT2D eigenvalue weighted by molar-refractivity contribution is 7.47. The maximum atomic E-state index is 13.1. The van der Waals surface area contributed by atoms with Gasteiger partial charge in [-0.25, -0.2) is 9.13 Å². The Bertz CT molecular complexity index is 1860. The lowest BCUT2D eigenvalue weighted by molar-refractivity contribution is -0.161. The predicted molar refractivity (Wildman–Crippen MR) is 391 cm³/mol. The summed E-state index contributed by atoms with van der Waals surface area (Å²) in [4.78, 5) is 72.7. The molecule has 0 saturated heterocycles. The summed E-state index contributed by atoms with van der Waals surface area (Å²) in [6.45, 7) is 9.52. The van der Waals surface area contributed by atoms with Crippen molar-refractivity contribution in [1.82, 2.24) is 0 Å². The van der Waals surface area contributed by atoms with Gasteiger partial charge in [0.2, 0.25) is 0 Å². The van der Waals surface area contributed by atoms with Crippen LogP contribution >= 0.6 is 15.6 Å². The molecule has 0 aromatic rings. The van der Waals surface area contributed by atoms with E-state index in [2.05, 4.69) is 41.5 Å². The van der Waals surface area contributed by atoms with Crippen molar-refractivity contribution in [2.24, 2.45) is 11.8 Å². The van der Waals surface area contributed by atoms with Crippen molar-refractivity contribution in [3.8, 4) is 0 Å². The highest BCUT2D eigenvalue weighted by Crippen LogP contribution is 2.45. The van der Waals surface area contributed by atoms with Gasteiger partial charge in [-0.2, -0.15) is 0 Å². The summed E-state index contributed by atoms with van der Waals surface area (Å²) in [6, 6.07) is 0. The molecule has 0 aliphatic carbocycles. The number of rotatable bonds is 76. The first-order valence-electron chi connectivity index (χ1n) is 40.0. The first-order valence-corrected chi connectivity index (χ1v) is 43.0. The van der Waals surface area contributed by atoms with Gasteiger partial charge in [0.05, 0.1) is 26.4 Å². The van der Waals surface area contributed by atoms with Crippen molar-refractivity contribution in [3.63, 3.8) is 0 Å². The molecule has 19 heteroatoms. The average Bonchev–Trinajstić information content (AvgIpc) is 1.70. The van der Waals surface area contributed by atoms with Crippen LogP contribution in [0.25, 0.3) is 0 Å². The molecule has 0 radical (unpaired) electrons. The molecule has 0 heterocycles. The zero-order valence-electron chi connectivity index (χ0n) is 62.7. The summed E-state index contributed by atoms with van der Waals surface area (Å²) in [5.74, 6) is -0.645. The topological polar surface area (TPSA) is 237 Å². The van der Waals surface area contributed by atoms with Crippen LogP contribution < -0.4 is 0 Å². The second-order valence-electron chi connectivity index (χ2n) is 28.7. The van der Waals surface area contributed by atoms with Gasteiger partial charge in [0, 0.05) is 25.7 Å². The Balaban J connectivity index is 5.17. The van der Waals surface area contributed by atoms with Gasteiger partial charge in [-0.3, -0.25) is 37.3 Å². The number of hydrogen-bond acceptors (Lipinski definition) is 15. The lowest BCUT2D eigenvalue weighted by Crippen LogP contribution is -2.30. The van der Waals surface area contributed by atoms with Crippen LogP contribution in [-0.2, 0) is 65.4 Å². The Morgan fingerprint density at radius 3 is 0.708 bits per heavy atom. The van der Waals surface area contributed by atoms with E-state index in [1.54, 1.807) is 0 Å². The molecule has 0 aromatic carbocycles. The third-order valence-electron chi connectivity index (χ3n) is 18.0. The smallest absolute Gasteiger partial charge is 0.462 e. The summed E-state index contributed by atoms with van der Waals surface area (Å²) in [5, 5.41) is 10.6. The number of unbranched alkanes of at least 4 members (excludes halogenated alkanes) is 46. The lowest BCUT2D eigenvalue weighted by Gasteiger charge is -2.21. The molecule has 0 saturated carbocycles. The molecule has 570 valence electrons. The number of carbonyl (C=O) groups excluding carboxylic acids is 4. The van der Waals surface area contributed by atoms with Crippen molar-refractivity contribution in [3.05, 3.63) is 0 Å². The van der Waals surface area contributed by atoms with E-state index in [0.717, 1.165) is 95.8 Å². The second-order valence-corrected chi connectivity index (χ2v) is 31.6. The van der Waals surface area contributed by atoms with Crippen LogP contribution in [0.5, 0.6) is 0 Å². The van der Waals surface area contributed by atoms with Gasteiger partial charge < -0.3 is 33.8 Å². The third kappa shape index (κ3) is 70.5. The molecule has 0 amide bonds. The summed E-state index contributed by atoms with van der Waals surface area (Å²) >= 11 is 0. The molecule has 17 nitrogen and oxygen atoms in total. The molecule has 2 unspecified atom stereocenters. The normalized spacial score (nSPS) is 14.0. The van der Waals surface area contributed by atoms with E-state index >= 15 is 0 Å². The minimum Gasteiger partial charge on any atom is -0.462 e. The minimum absolute atomic E-state index is 0.102. The fourth-order valence-corrected chi connectivity index (χ4v) is 13.4. The predicted octanol–water partition coefficient (Wildman–Crippen LogP) is 22.7. The van der Waals surface area contributed by atoms with E-state index in [1.165, 1.54) is 218 Å². The maximum Gasteiger partial charge on any atom is 0.472 e. The number of phosphoric acid groups is 2. The van der Waals surface area contributed by atoms with Crippen LogP contribution in [0.15, 0.2) is 0 Å². The van der Waals surface area contributed by atoms with Crippen LogP contribution in [0.3, 0.4) is 0 Å². The highest BCUT2D eigenvalue weighted by Gasteiger charge is 2.30. The molecule has 0 rings (SSSR count). The summed E-state index contributed by atoms with van der Waals surface area (Å²) in [6.07, 6.45) is 57.2. The highest BCUT2D eigenvalue weighted by atomic mass is 31.2. The molecule has 96 heavy (non-hydrogen) atoms. The van der Waals surface area contributed by atoms with Crippen LogP contribution in [0.4, 0.5) is 0 Å². The van der Waals surface area contributed by atoms with E-state index in [-0.39, 0.29) is 25.7 Å². The summed E-state index contributed by atoms with van der Waals surface area (Å²) in [5.41, 5.74) is 0. The van der Waals surface area contributed by atoms with Crippen molar-refractivity contribution >= 4 is 39.5 Å². The lowest BCUT2D eigenvalue weighted by atomic mass is 10.0. The number of aliphatic hydroxyl groups is 1. The Labute approximate surface area is 588 Å². The van der Waals surface area contributed by atoms with E-state index in [1.807, 2.05) is 0 Å². The van der Waals surface area contributed by atoms with E-state index in [4.69, 9.17) is 37.0 Å². The fraction of sp³-hybridized carbons (Fsp3) is 0.948. The van der Waals surface area contributed by atoms with Gasteiger partial charge in [-0.15, -0.1) is 0 Å². The summed E-state index contributed by atoms with van der Waals surface area (Å²) < 4.78 is 68.4. The Morgan fingerprint density at radius 1 is 0.281 bits per heavy atom. The Hall–Kier alpha value is -1.94. The molecule has 0 bridgehead atoms. The zero-order chi connectivity index (χ0) is 70.7. The zero-order valence-corrected chi connectivity index (χ0v) is 64.5. The van der Waals surface area contributed by atoms with Gasteiger partial charge in [0.1, 0.15) is 19.3 Å². The monoisotopic (exact) mass is 1410 g/mol. The largest absolute Gasteiger partial charge is 0.472 e. The van der Waals surface area contributed by atoms with E-state index in [9.17, 15) is 43.2 Å². The molecule has 0 aliphatic heterocycles. The number of ether oxygens (including phenoxy) is 4. The number of aliphatic hydroxyl groups excluding tert-OH is 1. The number of hydrogen-bond donors (Lipinski definition) is 3. The Morgan fingerprint density at radius 2 is 0.479 bits per heavy atom. The van der Waals surface area contributed by atoms with Gasteiger partial charge in [0.25, 0.3) is 0 Å². The van der Waals surface area contributed by atoms with Crippen LogP contribution in [-0.4, -0.2) is 96.7 Å². The van der Waals surface area contributed by atoms with Gasteiger partial charge in [0.15, 0.2) is 12.2 Å². The average molecular weight is 1410 g/mol. The molecular weight excluding hydrogens is 1260 g/mol. The fourth-order valence-electron chi connectivity index (χ4n) is 11.8. The molecule has 5 atom stereocenters. The SMILES string of the molecule is CCCCCCCCCCCCCCCCCCCCCCC(=O)O[C@H](COC(=O)CCCCCCCCCCCCCCCCCC(C)C)COP(=O)(O)OC[C@@H](O)COP(=O)(O)OC[C@@H](COC(=O)CCCCCCCCCCC)OC(=O)CCCCCCCCC(C)C. The van der Waals surface area contributed by atoms with E-state index in [0.29, 0.717) is 31.6 Å². The standard InChI is InChI=1S/C77H150O17P2/c1-7-9-11-13-15-17-18-19-20-21-22-23-24-27-31-34-38-42-49-55-61-76(81)93-72(65-88-75(80)60-54-48-41-37-33-30-28-25-26-29-32-36-39-45-51-57-69(3)4)67-91-95(83,84)89-63-71(78)64-90-96(85,86)92-68-73(94-77(82)62-56-50-44-43-46-52-58-70(5)6)66-87-74(79)59-53-47-40-35-16-14-12-10-8-2/h69-73,78H,7-68H2,1-6H3,(H,83,84)(H,85,86)/t71-,72-,73-/m1/s1.